The van der Waals surface area contributed by atoms with Gasteiger partial charge in [0.1, 0.15) is 0 Å². The third-order valence-corrected chi connectivity index (χ3v) is 5.60. The molecule has 2 heterocycles. The zero-order chi connectivity index (χ0) is 23.0. The quantitative estimate of drug-likeness (QED) is 0.442. The number of aromatic nitrogens is 4. The molecule has 0 bridgehead atoms. The van der Waals surface area contributed by atoms with Crippen LogP contribution in [0.3, 0.4) is 0 Å². The Morgan fingerprint density at radius 2 is 1.78 bits per heavy atom. The number of alkyl halides is 3. The largest absolute Gasteiger partial charge is 0.416 e. The van der Waals surface area contributed by atoms with E-state index in [0.29, 0.717) is 5.69 Å². The molecule has 0 radical (unpaired) electrons. The molecule has 0 saturated heterocycles. The van der Waals surface area contributed by atoms with Gasteiger partial charge in [0, 0.05) is 17.4 Å². The molecule has 2 aromatic carbocycles. The first-order valence-electron chi connectivity index (χ1n) is 9.58. The highest BCUT2D eigenvalue weighted by molar-refractivity contribution is 7.18. The Kier molecular flexibility index (Phi) is 5.55. The van der Waals surface area contributed by atoms with Gasteiger partial charge in [0.25, 0.3) is 0 Å². The van der Waals surface area contributed by atoms with E-state index in [1.54, 1.807) is 11.6 Å². The Labute approximate surface area is 185 Å². The van der Waals surface area contributed by atoms with E-state index in [0.717, 1.165) is 40.3 Å². The Morgan fingerprint density at radius 1 is 1.00 bits per heavy atom. The fourth-order valence-corrected chi connectivity index (χ4v) is 4.00. The van der Waals surface area contributed by atoms with Crippen molar-refractivity contribution in [3.05, 3.63) is 81.1 Å². The summed E-state index contributed by atoms with van der Waals surface area (Å²) in [7, 11) is 0. The minimum Gasteiger partial charge on any atom is -0.330 e. The summed E-state index contributed by atoms with van der Waals surface area (Å²) >= 11 is 1.03. The van der Waals surface area contributed by atoms with Crippen LogP contribution in [0.1, 0.15) is 22.4 Å². The first-order chi connectivity index (χ1) is 15.1. The summed E-state index contributed by atoms with van der Waals surface area (Å²) in [5.41, 5.74) is 2.85. The molecule has 4 aromatic rings. The van der Waals surface area contributed by atoms with Crippen LogP contribution in [-0.2, 0) is 6.18 Å². The number of anilines is 2. The summed E-state index contributed by atoms with van der Waals surface area (Å²) in [6.45, 7) is 5.75. The van der Waals surface area contributed by atoms with Gasteiger partial charge in [-0.1, -0.05) is 35.1 Å². The molecule has 10 heteroatoms. The number of nitrogens with zero attached hydrogens (tertiary/aromatic N) is 4. The summed E-state index contributed by atoms with van der Waals surface area (Å²) in [5, 5.41) is 15.8. The van der Waals surface area contributed by atoms with Gasteiger partial charge in [-0.05, 0) is 50.6 Å². The van der Waals surface area contributed by atoms with E-state index < -0.39 is 11.7 Å². The highest BCUT2D eigenvalue weighted by atomic mass is 32.1. The van der Waals surface area contributed by atoms with E-state index in [4.69, 9.17) is 0 Å². The number of benzene rings is 2. The molecule has 0 saturated carbocycles. The average molecular weight is 457 g/mol. The van der Waals surface area contributed by atoms with Crippen LogP contribution >= 0.6 is 11.3 Å². The zero-order valence-corrected chi connectivity index (χ0v) is 18.2. The molecule has 0 aliphatic carbocycles. The van der Waals surface area contributed by atoms with Gasteiger partial charge in [-0.25, -0.2) is 4.68 Å². The molecule has 4 rings (SSSR count). The van der Waals surface area contributed by atoms with Crippen molar-refractivity contribution in [2.75, 3.05) is 5.32 Å². The fraction of sp³-hybridized carbons (Fsp3) is 0.182. The molecule has 2 aromatic heterocycles. The van der Waals surface area contributed by atoms with Crippen molar-refractivity contribution in [2.45, 2.75) is 26.9 Å². The molecular weight excluding hydrogens is 439 g/mol. The number of aryl methyl sites for hydroxylation is 3. The van der Waals surface area contributed by atoms with Gasteiger partial charge < -0.3 is 5.32 Å². The number of hydrogen-bond acceptors (Lipinski definition) is 6. The zero-order valence-electron chi connectivity index (χ0n) is 17.4. The summed E-state index contributed by atoms with van der Waals surface area (Å²) in [5.74, 6) is 0. The third-order valence-electron chi connectivity index (χ3n) is 4.76. The van der Waals surface area contributed by atoms with Crippen molar-refractivity contribution in [3.8, 4) is 16.4 Å². The fourth-order valence-electron chi connectivity index (χ4n) is 3.25. The van der Waals surface area contributed by atoms with Gasteiger partial charge in [0.15, 0.2) is 10.7 Å². The highest BCUT2D eigenvalue weighted by Gasteiger charge is 2.30. The van der Waals surface area contributed by atoms with Crippen LogP contribution in [0.2, 0.25) is 0 Å². The maximum absolute atomic E-state index is 12.9. The number of hydrogen-bond donors (Lipinski definition) is 1. The lowest BCUT2D eigenvalue weighted by molar-refractivity contribution is -0.137. The number of rotatable bonds is 4. The SMILES string of the molecule is Cc1ccc(-n2nc(-c3nnc(Nc4cccc(C(F)(F)F)c4)s3)c(=O)cc2C)c(C)c1. The molecule has 0 fully saturated rings. The van der Waals surface area contributed by atoms with E-state index in [9.17, 15) is 18.0 Å². The van der Waals surface area contributed by atoms with Gasteiger partial charge in [0.05, 0.1) is 11.3 Å². The first-order valence-corrected chi connectivity index (χ1v) is 10.4. The van der Waals surface area contributed by atoms with Gasteiger partial charge in [0.2, 0.25) is 10.6 Å². The van der Waals surface area contributed by atoms with E-state index in [1.165, 1.54) is 18.2 Å². The molecule has 0 amide bonds. The normalized spacial score (nSPS) is 11.6. The predicted octanol–water partition coefficient (Wildman–Crippen LogP) is 5.44. The summed E-state index contributed by atoms with van der Waals surface area (Å²) < 4.78 is 40.5. The second-order valence-electron chi connectivity index (χ2n) is 7.32. The van der Waals surface area contributed by atoms with Crippen molar-refractivity contribution in [1.82, 2.24) is 20.0 Å². The maximum atomic E-state index is 12.9. The van der Waals surface area contributed by atoms with E-state index in [1.807, 2.05) is 32.0 Å². The molecule has 32 heavy (non-hydrogen) atoms. The van der Waals surface area contributed by atoms with Crippen LogP contribution in [0.4, 0.5) is 24.0 Å². The Bertz CT molecular complexity index is 1360. The topological polar surface area (TPSA) is 72.7 Å². The average Bonchev–Trinajstić information content (AvgIpc) is 3.16. The lowest BCUT2D eigenvalue weighted by Crippen LogP contribution is -2.16. The van der Waals surface area contributed by atoms with Gasteiger partial charge in [-0.3, -0.25) is 4.79 Å². The molecule has 0 aliphatic rings. The predicted molar refractivity (Wildman–Crippen MR) is 118 cm³/mol. The minimum absolute atomic E-state index is 0.116. The number of nitrogens with one attached hydrogen (secondary N) is 1. The smallest absolute Gasteiger partial charge is 0.330 e. The van der Waals surface area contributed by atoms with E-state index in [2.05, 4.69) is 20.6 Å². The minimum atomic E-state index is -4.45. The maximum Gasteiger partial charge on any atom is 0.416 e. The standard InChI is InChI=1S/C22H18F3N5OS/c1-12-7-8-17(13(2)9-12)30-14(3)10-18(31)19(29-30)20-27-28-21(32-20)26-16-6-4-5-15(11-16)22(23,24)25/h4-11H,1-3H3,(H,26,28). The van der Waals surface area contributed by atoms with Crippen LogP contribution in [0.15, 0.2) is 53.3 Å². The van der Waals surface area contributed by atoms with Gasteiger partial charge in [-0.2, -0.15) is 18.3 Å². The van der Waals surface area contributed by atoms with Crippen LogP contribution in [0, 0.1) is 20.8 Å². The third kappa shape index (κ3) is 4.40. The summed E-state index contributed by atoms with van der Waals surface area (Å²) in [6.07, 6.45) is -4.45. The molecular formula is C22H18F3N5OS. The Balaban J connectivity index is 1.68. The summed E-state index contributed by atoms with van der Waals surface area (Å²) in [6, 6.07) is 12.2. The van der Waals surface area contributed by atoms with Crippen molar-refractivity contribution < 1.29 is 13.2 Å². The van der Waals surface area contributed by atoms with Crippen LogP contribution in [0.5, 0.6) is 0 Å². The van der Waals surface area contributed by atoms with E-state index >= 15 is 0 Å². The Morgan fingerprint density at radius 3 is 2.50 bits per heavy atom. The lowest BCUT2D eigenvalue weighted by Gasteiger charge is -2.13. The molecule has 0 spiro atoms. The monoisotopic (exact) mass is 457 g/mol. The van der Waals surface area contributed by atoms with Crippen molar-refractivity contribution in [2.24, 2.45) is 0 Å². The molecule has 0 unspecified atom stereocenters. The molecule has 6 nitrogen and oxygen atoms in total. The molecule has 0 atom stereocenters. The van der Waals surface area contributed by atoms with Crippen LogP contribution < -0.4 is 10.7 Å². The van der Waals surface area contributed by atoms with Crippen LogP contribution in [-0.4, -0.2) is 20.0 Å². The van der Waals surface area contributed by atoms with Gasteiger partial charge >= 0.3 is 6.18 Å². The van der Waals surface area contributed by atoms with Gasteiger partial charge in [-0.15, -0.1) is 10.2 Å². The highest BCUT2D eigenvalue weighted by Crippen LogP contribution is 2.32. The second kappa shape index (κ2) is 8.19. The van der Waals surface area contributed by atoms with Crippen molar-refractivity contribution in [1.29, 1.82) is 0 Å². The van der Waals surface area contributed by atoms with Crippen molar-refractivity contribution >= 4 is 22.2 Å². The second-order valence-corrected chi connectivity index (χ2v) is 8.29. The van der Waals surface area contributed by atoms with Crippen molar-refractivity contribution in [3.63, 3.8) is 0 Å². The molecule has 0 aliphatic heterocycles. The number of halogens is 3. The van der Waals surface area contributed by atoms with E-state index in [-0.39, 0.29) is 26.9 Å². The Hall–Kier alpha value is -3.53. The first kappa shape index (κ1) is 21.7. The lowest BCUT2D eigenvalue weighted by atomic mass is 10.1. The van der Waals surface area contributed by atoms with Crippen LogP contribution in [0.25, 0.3) is 16.4 Å². The summed E-state index contributed by atoms with van der Waals surface area (Å²) in [4.78, 5) is 12.6. The molecule has 1 N–H and O–H groups in total. The molecule has 164 valence electrons.